The standard InChI is InChI=1S/C13H17F3N2O2/c1-17-7-6-12(19)18-8-10-4-2-3-5-11(10)20-9-13(14,15)16/h2-5,17H,6-9H2,1H3,(H,18,19). The Morgan fingerprint density at radius 3 is 2.65 bits per heavy atom. The summed E-state index contributed by atoms with van der Waals surface area (Å²) < 4.78 is 41.1. The third-order valence-electron chi connectivity index (χ3n) is 2.44. The van der Waals surface area contributed by atoms with Gasteiger partial charge in [0.05, 0.1) is 0 Å². The van der Waals surface area contributed by atoms with Crippen LogP contribution in [0, 0.1) is 0 Å². The molecule has 0 aliphatic carbocycles. The van der Waals surface area contributed by atoms with E-state index in [0.717, 1.165) is 0 Å². The van der Waals surface area contributed by atoms with Crippen LogP contribution in [0.25, 0.3) is 0 Å². The minimum atomic E-state index is -4.39. The predicted octanol–water partition coefficient (Wildman–Crippen LogP) is 1.85. The normalized spacial score (nSPS) is 11.2. The Balaban J connectivity index is 2.55. The van der Waals surface area contributed by atoms with Crippen molar-refractivity contribution < 1.29 is 22.7 Å². The summed E-state index contributed by atoms with van der Waals surface area (Å²) in [6, 6.07) is 6.32. The minimum absolute atomic E-state index is 0.124. The molecule has 0 spiro atoms. The average molecular weight is 290 g/mol. The Hall–Kier alpha value is -1.76. The van der Waals surface area contributed by atoms with Gasteiger partial charge in [-0.3, -0.25) is 4.79 Å². The number of hydrogen-bond donors (Lipinski definition) is 2. The summed E-state index contributed by atoms with van der Waals surface area (Å²) in [5.41, 5.74) is 0.509. The molecular formula is C13H17F3N2O2. The lowest BCUT2D eigenvalue weighted by molar-refractivity contribution is -0.153. The Bertz CT molecular complexity index is 436. The zero-order valence-electron chi connectivity index (χ0n) is 11.1. The van der Waals surface area contributed by atoms with Crippen LogP contribution in [-0.2, 0) is 11.3 Å². The molecule has 0 aliphatic heterocycles. The fourth-order valence-electron chi connectivity index (χ4n) is 1.47. The fourth-order valence-corrected chi connectivity index (χ4v) is 1.47. The van der Waals surface area contributed by atoms with Crippen LogP contribution in [0.5, 0.6) is 5.75 Å². The molecule has 2 N–H and O–H groups in total. The largest absolute Gasteiger partial charge is 0.484 e. The molecule has 1 aromatic carbocycles. The van der Waals surface area contributed by atoms with E-state index in [9.17, 15) is 18.0 Å². The van der Waals surface area contributed by atoms with Gasteiger partial charge in [-0.15, -0.1) is 0 Å². The van der Waals surface area contributed by atoms with Crippen LogP contribution in [-0.4, -0.2) is 32.3 Å². The number of rotatable bonds is 7. The fraction of sp³-hybridized carbons (Fsp3) is 0.462. The molecular weight excluding hydrogens is 273 g/mol. The molecule has 0 aromatic heterocycles. The molecule has 0 saturated heterocycles. The summed E-state index contributed by atoms with van der Waals surface area (Å²) in [7, 11) is 1.73. The van der Waals surface area contributed by atoms with Crippen LogP contribution in [0.3, 0.4) is 0 Å². The Kier molecular flexibility index (Phi) is 6.30. The second-order valence-electron chi connectivity index (χ2n) is 4.14. The van der Waals surface area contributed by atoms with E-state index in [1.54, 1.807) is 25.2 Å². The van der Waals surface area contributed by atoms with Crippen molar-refractivity contribution in [1.29, 1.82) is 0 Å². The van der Waals surface area contributed by atoms with Crippen molar-refractivity contribution >= 4 is 5.91 Å². The van der Waals surface area contributed by atoms with Crippen molar-refractivity contribution in [2.24, 2.45) is 0 Å². The van der Waals surface area contributed by atoms with Crippen molar-refractivity contribution in [2.75, 3.05) is 20.2 Å². The summed E-state index contributed by atoms with van der Waals surface area (Å²) in [6.07, 6.45) is -4.08. The van der Waals surface area contributed by atoms with Gasteiger partial charge in [0.15, 0.2) is 6.61 Å². The molecule has 0 atom stereocenters. The zero-order valence-corrected chi connectivity index (χ0v) is 11.1. The van der Waals surface area contributed by atoms with Gasteiger partial charge >= 0.3 is 6.18 Å². The molecule has 7 heteroatoms. The van der Waals surface area contributed by atoms with Crippen LogP contribution in [0.2, 0.25) is 0 Å². The minimum Gasteiger partial charge on any atom is -0.484 e. The second-order valence-corrected chi connectivity index (χ2v) is 4.14. The lowest BCUT2D eigenvalue weighted by atomic mass is 10.2. The van der Waals surface area contributed by atoms with Gasteiger partial charge in [-0.2, -0.15) is 13.2 Å². The first-order chi connectivity index (χ1) is 9.42. The first kappa shape index (κ1) is 16.3. The molecule has 4 nitrogen and oxygen atoms in total. The molecule has 0 radical (unpaired) electrons. The molecule has 0 unspecified atom stereocenters. The Morgan fingerprint density at radius 2 is 2.00 bits per heavy atom. The van der Waals surface area contributed by atoms with Gasteiger partial charge in [0.2, 0.25) is 5.91 Å². The molecule has 0 fully saturated rings. The van der Waals surface area contributed by atoms with Gasteiger partial charge in [-0.05, 0) is 13.1 Å². The molecule has 1 amide bonds. The number of carbonyl (C=O) groups excluding carboxylic acids is 1. The topological polar surface area (TPSA) is 50.4 Å². The molecule has 1 aromatic rings. The number of hydrogen-bond acceptors (Lipinski definition) is 3. The van der Waals surface area contributed by atoms with Crippen LogP contribution < -0.4 is 15.4 Å². The molecule has 1 rings (SSSR count). The lowest BCUT2D eigenvalue weighted by Gasteiger charge is -2.13. The number of alkyl halides is 3. The van der Waals surface area contributed by atoms with Gasteiger partial charge in [0, 0.05) is 25.1 Å². The summed E-state index contributed by atoms with van der Waals surface area (Å²) >= 11 is 0. The highest BCUT2D eigenvalue weighted by Gasteiger charge is 2.28. The third kappa shape index (κ3) is 6.42. The maximum Gasteiger partial charge on any atom is 0.422 e. The highest BCUT2D eigenvalue weighted by molar-refractivity contribution is 5.76. The SMILES string of the molecule is CNCCC(=O)NCc1ccccc1OCC(F)(F)F. The van der Waals surface area contributed by atoms with Crippen molar-refractivity contribution in [3.63, 3.8) is 0 Å². The van der Waals surface area contributed by atoms with E-state index in [4.69, 9.17) is 4.74 Å². The van der Waals surface area contributed by atoms with Gasteiger partial charge < -0.3 is 15.4 Å². The van der Waals surface area contributed by atoms with E-state index in [-0.39, 0.29) is 18.2 Å². The van der Waals surface area contributed by atoms with Crippen molar-refractivity contribution in [3.8, 4) is 5.75 Å². The van der Waals surface area contributed by atoms with E-state index in [0.29, 0.717) is 18.5 Å². The quantitative estimate of drug-likeness (QED) is 0.806. The maximum atomic E-state index is 12.1. The number of carbonyl (C=O) groups is 1. The molecule has 20 heavy (non-hydrogen) atoms. The summed E-state index contributed by atoms with van der Waals surface area (Å²) in [4.78, 5) is 11.4. The smallest absolute Gasteiger partial charge is 0.422 e. The number of amides is 1. The number of ether oxygens (including phenoxy) is 1. The van der Waals surface area contributed by atoms with E-state index >= 15 is 0 Å². The van der Waals surface area contributed by atoms with Crippen molar-refractivity contribution in [2.45, 2.75) is 19.1 Å². The van der Waals surface area contributed by atoms with Gasteiger partial charge in [-0.25, -0.2) is 0 Å². The van der Waals surface area contributed by atoms with Gasteiger partial charge in [0.25, 0.3) is 0 Å². The molecule has 0 saturated carbocycles. The van der Waals surface area contributed by atoms with Gasteiger partial charge in [0.1, 0.15) is 5.75 Å². The average Bonchev–Trinajstić information content (AvgIpc) is 2.40. The summed E-state index contributed by atoms with van der Waals surface area (Å²) in [6.45, 7) is -0.674. The number of benzene rings is 1. The van der Waals surface area contributed by atoms with Crippen LogP contribution in [0.1, 0.15) is 12.0 Å². The van der Waals surface area contributed by atoms with Crippen LogP contribution >= 0.6 is 0 Å². The number of para-hydroxylation sites is 1. The molecule has 112 valence electrons. The van der Waals surface area contributed by atoms with E-state index in [2.05, 4.69) is 10.6 Å². The number of nitrogens with one attached hydrogen (secondary N) is 2. The highest BCUT2D eigenvalue weighted by Crippen LogP contribution is 2.21. The van der Waals surface area contributed by atoms with E-state index in [1.165, 1.54) is 6.07 Å². The maximum absolute atomic E-state index is 12.1. The summed E-state index contributed by atoms with van der Waals surface area (Å²) in [5, 5.41) is 5.47. The Morgan fingerprint density at radius 1 is 1.30 bits per heavy atom. The van der Waals surface area contributed by atoms with E-state index < -0.39 is 12.8 Å². The second kappa shape index (κ2) is 7.74. The monoisotopic (exact) mass is 290 g/mol. The summed E-state index contributed by atoms with van der Waals surface area (Å²) in [5.74, 6) is -0.0521. The predicted molar refractivity (Wildman–Crippen MR) is 68.4 cm³/mol. The zero-order chi connectivity index (χ0) is 15.0. The van der Waals surface area contributed by atoms with Crippen LogP contribution in [0.4, 0.5) is 13.2 Å². The lowest BCUT2D eigenvalue weighted by Crippen LogP contribution is -2.26. The van der Waals surface area contributed by atoms with Crippen molar-refractivity contribution in [3.05, 3.63) is 29.8 Å². The first-order valence-corrected chi connectivity index (χ1v) is 6.11. The van der Waals surface area contributed by atoms with Gasteiger partial charge in [-0.1, -0.05) is 18.2 Å². The van der Waals surface area contributed by atoms with E-state index in [1.807, 2.05) is 0 Å². The molecule has 0 aliphatic rings. The first-order valence-electron chi connectivity index (χ1n) is 6.11. The third-order valence-corrected chi connectivity index (χ3v) is 2.44. The van der Waals surface area contributed by atoms with Crippen LogP contribution in [0.15, 0.2) is 24.3 Å². The molecule has 0 heterocycles. The highest BCUT2D eigenvalue weighted by atomic mass is 19.4. The molecule has 0 bridgehead atoms. The Labute approximate surface area is 115 Å². The number of halogens is 3. The van der Waals surface area contributed by atoms with Crippen molar-refractivity contribution in [1.82, 2.24) is 10.6 Å².